The summed E-state index contributed by atoms with van der Waals surface area (Å²) in [5.74, 6) is 0.681. The van der Waals surface area contributed by atoms with Crippen LogP contribution in [0.1, 0.15) is 13.3 Å². The molecule has 3 heteroatoms. The maximum absolute atomic E-state index is 5.40. The lowest BCUT2D eigenvalue weighted by Crippen LogP contribution is -2.23. The minimum absolute atomic E-state index is 0. The number of rotatable bonds is 1. The van der Waals surface area contributed by atoms with Gasteiger partial charge in [-0.1, -0.05) is 6.92 Å². The first-order valence-corrected chi connectivity index (χ1v) is 3.16. The molecule has 2 nitrogen and oxygen atoms in total. The molecule has 0 aromatic carbocycles. The molecule has 1 saturated heterocycles. The van der Waals surface area contributed by atoms with Gasteiger partial charge in [-0.25, -0.2) is 0 Å². The van der Waals surface area contributed by atoms with Crippen LogP contribution >= 0.6 is 12.4 Å². The summed E-state index contributed by atoms with van der Waals surface area (Å²) in [6.07, 6.45) is 1.52. The Labute approximate surface area is 62.2 Å². The lowest BCUT2D eigenvalue weighted by Gasteiger charge is -2.09. The molecule has 0 radical (unpaired) electrons. The normalized spacial score (nSPS) is 34.0. The van der Waals surface area contributed by atoms with Gasteiger partial charge in [0.1, 0.15) is 0 Å². The molecular formula is C6H14ClNO. The zero-order valence-corrected chi connectivity index (χ0v) is 6.49. The number of nitrogens with two attached hydrogens (primary N) is 1. The summed E-state index contributed by atoms with van der Waals surface area (Å²) in [6.45, 7) is 3.77. The van der Waals surface area contributed by atoms with Crippen LogP contribution in [-0.4, -0.2) is 19.3 Å². The Morgan fingerprint density at radius 2 is 2.33 bits per heavy atom. The molecule has 0 aliphatic carbocycles. The van der Waals surface area contributed by atoms with E-state index in [0.717, 1.165) is 6.61 Å². The van der Waals surface area contributed by atoms with Crippen LogP contribution in [0.3, 0.4) is 0 Å². The second-order valence-corrected chi connectivity index (χ2v) is 2.41. The van der Waals surface area contributed by atoms with E-state index in [2.05, 4.69) is 6.92 Å². The van der Waals surface area contributed by atoms with Gasteiger partial charge in [-0.2, -0.15) is 0 Å². The Morgan fingerprint density at radius 1 is 1.67 bits per heavy atom. The van der Waals surface area contributed by atoms with Crippen LogP contribution in [0.4, 0.5) is 0 Å². The molecule has 0 saturated carbocycles. The number of ether oxygens (including phenoxy) is 1. The van der Waals surface area contributed by atoms with Crippen molar-refractivity contribution in [3.8, 4) is 0 Å². The van der Waals surface area contributed by atoms with Gasteiger partial charge in [-0.3, -0.25) is 0 Å². The van der Waals surface area contributed by atoms with E-state index in [1.54, 1.807) is 0 Å². The third kappa shape index (κ3) is 2.12. The van der Waals surface area contributed by atoms with Crippen LogP contribution in [-0.2, 0) is 4.74 Å². The van der Waals surface area contributed by atoms with Gasteiger partial charge in [0.05, 0.1) is 6.10 Å². The van der Waals surface area contributed by atoms with Crippen LogP contribution in [0.25, 0.3) is 0 Å². The largest absolute Gasteiger partial charge is 0.377 e. The molecule has 1 aliphatic rings. The van der Waals surface area contributed by atoms with Crippen molar-refractivity contribution >= 4 is 12.4 Å². The zero-order valence-electron chi connectivity index (χ0n) is 5.67. The summed E-state index contributed by atoms with van der Waals surface area (Å²) in [7, 11) is 0. The molecule has 0 aromatic heterocycles. The highest BCUT2D eigenvalue weighted by molar-refractivity contribution is 5.85. The van der Waals surface area contributed by atoms with E-state index in [-0.39, 0.29) is 12.4 Å². The molecule has 1 heterocycles. The first-order chi connectivity index (χ1) is 3.84. The van der Waals surface area contributed by atoms with Crippen molar-refractivity contribution in [2.75, 3.05) is 13.2 Å². The standard InChI is InChI=1S/C6H13NO.ClH/c1-5-2-3-8-6(5)4-7;/h5-6H,2-4,7H2,1H3;1H. The molecule has 1 fully saturated rings. The number of halogens is 1. The summed E-state index contributed by atoms with van der Waals surface area (Å²) in [5.41, 5.74) is 5.40. The average Bonchev–Trinajstić information content (AvgIpc) is 2.14. The molecule has 0 bridgehead atoms. The van der Waals surface area contributed by atoms with Gasteiger partial charge in [0.15, 0.2) is 0 Å². The molecule has 1 rings (SSSR count). The van der Waals surface area contributed by atoms with Crippen molar-refractivity contribution in [3.05, 3.63) is 0 Å². The summed E-state index contributed by atoms with van der Waals surface area (Å²) < 4.78 is 5.29. The van der Waals surface area contributed by atoms with Gasteiger partial charge in [0, 0.05) is 13.2 Å². The van der Waals surface area contributed by atoms with Gasteiger partial charge >= 0.3 is 0 Å². The van der Waals surface area contributed by atoms with Crippen LogP contribution in [0.15, 0.2) is 0 Å². The highest BCUT2D eigenvalue weighted by atomic mass is 35.5. The topological polar surface area (TPSA) is 35.2 Å². The van der Waals surface area contributed by atoms with E-state index >= 15 is 0 Å². The number of hydrogen-bond acceptors (Lipinski definition) is 2. The lowest BCUT2D eigenvalue weighted by molar-refractivity contribution is 0.101. The smallest absolute Gasteiger partial charge is 0.0723 e. The van der Waals surface area contributed by atoms with Crippen molar-refractivity contribution in [2.45, 2.75) is 19.4 Å². The monoisotopic (exact) mass is 151 g/mol. The van der Waals surface area contributed by atoms with E-state index in [0.29, 0.717) is 18.6 Å². The molecule has 0 spiro atoms. The van der Waals surface area contributed by atoms with E-state index < -0.39 is 0 Å². The highest BCUT2D eigenvalue weighted by Gasteiger charge is 2.21. The van der Waals surface area contributed by atoms with Gasteiger partial charge in [0.25, 0.3) is 0 Å². The highest BCUT2D eigenvalue weighted by Crippen LogP contribution is 2.18. The van der Waals surface area contributed by atoms with Gasteiger partial charge in [-0.15, -0.1) is 12.4 Å². The molecule has 2 atom stereocenters. The SMILES string of the molecule is CC1CCOC1CN.Cl. The fourth-order valence-corrected chi connectivity index (χ4v) is 1.06. The van der Waals surface area contributed by atoms with Crippen LogP contribution in [0, 0.1) is 5.92 Å². The first kappa shape index (κ1) is 9.21. The van der Waals surface area contributed by atoms with Gasteiger partial charge < -0.3 is 10.5 Å². The van der Waals surface area contributed by atoms with Gasteiger partial charge in [0.2, 0.25) is 0 Å². The second-order valence-electron chi connectivity index (χ2n) is 2.41. The molecule has 1 aliphatic heterocycles. The minimum atomic E-state index is 0. The summed E-state index contributed by atoms with van der Waals surface area (Å²) >= 11 is 0. The Hall–Kier alpha value is 0.210. The molecule has 56 valence electrons. The van der Waals surface area contributed by atoms with E-state index in [1.165, 1.54) is 6.42 Å². The molecule has 0 aromatic rings. The minimum Gasteiger partial charge on any atom is -0.377 e. The third-order valence-corrected chi connectivity index (χ3v) is 1.77. The Kier molecular flexibility index (Phi) is 4.19. The van der Waals surface area contributed by atoms with E-state index in [4.69, 9.17) is 10.5 Å². The average molecular weight is 152 g/mol. The van der Waals surface area contributed by atoms with Crippen molar-refractivity contribution in [3.63, 3.8) is 0 Å². The van der Waals surface area contributed by atoms with Crippen molar-refractivity contribution in [1.82, 2.24) is 0 Å². The maximum atomic E-state index is 5.40. The fourth-order valence-electron chi connectivity index (χ4n) is 1.06. The lowest BCUT2D eigenvalue weighted by atomic mass is 10.1. The molecular weight excluding hydrogens is 138 g/mol. The summed E-state index contributed by atoms with van der Waals surface area (Å²) in [5, 5.41) is 0. The van der Waals surface area contributed by atoms with Crippen LogP contribution < -0.4 is 5.73 Å². The Balaban J connectivity index is 0.000000640. The van der Waals surface area contributed by atoms with Crippen molar-refractivity contribution in [2.24, 2.45) is 11.7 Å². The van der Waals surface area contributed by atoms with Crippen molar-refractivity contribution < 1.29 is 4.74 Å². The predicted molar refractivity (Wildman–Crippen MR) is 39.8 cm³/mol. The number of hydrogen-bond donors (Lipinski definition) is 1. The first-order valence-electron chi connectivity index (χ1n) is 3.16. The predicted octanol–water partition coefficient (Wildman–Crippen LogP) is 0.792. The maximum Gasteiger partial charge on any atom is 0.0723 e. The van der Waals surface area contributed by atoms with Crippen molar-refractivity contribution in [1.29, 1.82) is 0 Å². The quantitative estimate of drug-likeness (QED) is 0.602. The Morgan fingerprint density at radius 3 is 2.56 bits per heavy atom. The van der Waals surface area contributed by atoms with E-state index in [1.807, 2.05) is 0 Å². The summed E-state index contributed by atoms with van der Waals surface area (Å²) in [6, 6.07) is 0. The molecule has 0 amide bonds. The molecule has 2 unspecified atom stereocenters. The Bertz CT molecular complexity index is 79.5. The van der Waals surface area contributed by atoms with Crippen LogP contribution in [0.2, 0.25) is 0 Å². The second kappa shape index (κ2) is 4.09. The summed E-state index contributed by atoms with van der Waals surface area (Å²) in [4.78, 5) is 0. The van der Waals surface area contributed by atoms with Gasteiger partial charge in [-0.05, 0) is 12.3 Å². The van der Waals surface area contributed by atoms with E-state index in [9.17, 15) is 0 Å². The zero-order chi connectivity index (χ0) is 5.98. The van der Waals surface area contributed by atoms with Crippen LogP contribution in [0.5, 0.6) is 0 Å². The third-order valence-electron chi connectivity index (χ3n) is 1.77. The molecule has 9 heavy (non-hydrogen) atoms. The fraction of sp³-hybridized carbons (Fsp3) is 1.00. The molecule has 2 N–H and O–H groups in total.